The Kier molecular flexibility index (Phi) is 9.15. The lowest BCUT2D eigenvalue weighted by molar-refractivity contribution is 0.0649. The number of fused-ring (bicyclic) bond motifs is 1. The molecule has 3 N–H and O–H groups in total. The highest BCUT2D eigenvalue weighted by atomic mass is 35.5. The minimum Gasteiger partial charge on any atom is -0.330 e. The van der Waals surface area contributed by atoms with E-state index >= 15 is 0 Å². The standard InChI is InChI=1S/C30H34ClN5O2/c1-3-4-11-27(35(19-8-18-32)29(37)22-14-12-21(2)13-15-22)28-33-26-20-23(31)16-17-25(26)30(38)36(28)34-24-9-6-5-7-10-24/h5-7,9-10,12-17,20,27,34H,3-4,8,11,18-19,32H2,1-2H3. The normalized spacial score (nSPS) is 11.9. The molecule has 38 heavy (non-hydrogen) atoms. The SMILES string of the molecule is CCCCC(c1nc2cc(Cl)ccc2c(=O)n1Nc1ccccc1)N(CCCN)C(=O)c1ccc(C)cc1. The van der Waals surface area contributed by atoms with Crippen molar-refractivity contribution in [2.45, 2.75) is 45.6 Å². The predicted octanol–water partition coefficient (Wildman–Crippen LogP) is 5.96. The van der Waals surface area contributed by atoms with Crippen molar-refractivity contribution >= 4 is 34.1 Å². The van der Waals surface area contributed by atoms with Gasteiger partial charge >= 0.3 is 0 Å². The van der Waals surface area contributed by atoms with Crippen LogP contribution in [0.15, 0.2) is 77.6 Å². The molecule has 0 bridgehead atoms. The first kappa shape index (κ1) is 27.4. The Hall–Kier alpha value is -3.68. The first-order valence-electron chi connectivity index (χ1n) is 13.0. The number of hydrogen-bond acceptors (Lipinski definition) is 5. The Bertz CT molecular complexity index is 1440. The number of nitrogens with zero attached hydrogens (tertiary/aromatic N) is 3. The van der Waals surface area contributed by atoms with Gasteiger partial charge in [-0.15, -0.1) is 0 Å². The van der Waals surface area contributed by atoms with Crippen molar-refractivity contribution in [2.75, 3.05) is 18.5 Å². The highest BCUT2D eigenvalue weighted by Crippen LogP contribution is 2.29. The topological polar surface area (TPSA) is 93.2 Å². The zero-order valence-electron chi connectivity index (χ0n) is 21.9. The lowest BCUT2D eigenvalue weighted by Gasteiger charge is -2.33. The second kappa shape index (κ2) is 12.7. The van der Waals surface area contributed by atoms with Crippen LogP contribution in [0.1, 0.15) is 60.4 Å². The number of aromatic nitrogens is 2. The maximum atomic E-state index is 13.9. The number of hydrogen-bond donors (Lipinski definition) is 2. The zero-order chi connectivity index (χ0) is 27.1. The molecule has 4 rings (SSSR count). The number of aryl methyl sites for hydroxylation is 1. The Morgan fingerprint density at radius 3 is 2.50 bits per heavy atom. The maximum absolute atomic E-state index is 13.9. The Balaban J connectivity index is 1.92. The van der Waals surface area contributed by atoms with Gasteiger partial charge in [-0.2, -0.15) is 0 Å². The molecule has 4 aromatic rings. The quantitative estimate of drug-likeness (QED) is 0.249. The number of rotatable bonds is 11. The summed E-state index contributed by atoms with van der Waals surface area (Å²) >= 11 is 6.29. The second-order valence-electron chi connectivity index (χ2n) is 9.41. The summed E-state index contributed by atoms with van der Waals surface area (Å²) in [5.41, 5.74) is 11.8. The van der Waals surface area contributed by atoms with Crippen LogP contribution in [0.3, 0.4) is 0 Å². The summed E-state index contributed by atoms with van der Waals surface area (Å²) in [5, 5.41) is 0.930. The number of carbonyl (C=O) groups excluding carboxylic acids is 1. The smallest absolute Gasteiger partial charge is 0.280 e. The van der Waals surface area contributed by atoms with Gasteiger partial charge in [0.15, 0.2) is 5.82 Å². The lowest BCUT2D eigenvalue weighted by atomic mass is 10.0. The number of amides is 1. The molecule has 0 saturated carbocycles. The predicted molar refractivity (Wildman–Crippen MR) is 155 cm³/mol. The van der Waals surface area contributed by atoms with E-state index in [-0.39, 0.29) is 11.5 Å². The maximum Gasteiger partial charge on any atom is 0.280 e. The Morgan fingerprint density at radius 2 is 1.82 bits per heavy atom. The molecule has 1 aromatic heterocycles. The first-order chi connectivity index (χ1) is 18.4. The van der Waals surface area contributed by atoms with Gasteiger partial charge in [0.1, 0.15) is 0 Å². The molecule has 7 nitrogen and oxygen atoms in total. The third-order valence-corrected chi connectivity index (χ3v) is 6.78. The summed E-state index contributed by atoms with van der Waals surface area (Å²) in [7, 11) is 0. The number of unbranched alkanes of at least 4 members (excludes halogenated alkanes) is 1. The van der Waals surface area contributed by atoms with Crippen LogP contribution in [0.5, 0.6) is 0 Å². The second-order valence-corrected chi connectivity index (χ2v) is 9.85. The summed E-state index contributed by atoms with van der Waals surface area (Å²) in [4.78, 5) is 34.6. The highest BCUT2D eigenvalue weighted by Gasteiger charge is 2.30. The average Bonchev–Trinajstić information content (AvgIpc) is 2.92. The van der Waals surface area contributed by atoms with Crippen molar-refractivity contribution in [3.63, 3.8) is 0 Å². The molecule has 198 valence electrons. The van der Waals surface area contributed by atoms with Crippen molar-refractivity contribution in [1.29, 1.82) is 0 Å². The summed E-state index contributed by atoms with van der Waals surface area (Å²) in [5.74, 6) is 0.339. The van der Waals surface area contributed by atoms with Crippen LogP contribution in [-0.2, 0) is 0 Å². The number of carbonyl (C=O) groups is 1. The number of nitrogens with two attached hydrogens (primary N) is 1. The minimum atomic E-state index is -0.470. The third-order valence-electron chi connectivity index (χ3n) is 6.54. The van der Waals surface area contributed by atoms with Gasteiger partial charge in [0, 0.05) is 17.1 Å². The van der Waals surface area contributed by atoms with Crippen molar-refractivity contribution in [2.24, 2.45) is 5.73 Å². The molecule has 0 saturated heterocycles. The van der Waals surface area contributed by atoms with Gasteiger partial charge < -0.3 is 10.6 Å². The molecule has 1 heterocycles. The van der Waals surface area contributed by atoms with Gasteiger partial charge in [0.2, 0.25) is 0 Å². The largest absolute Gasteiger partial charge is 0.330 e. The van der Waals surface area contributed by atoms with E-state index in [1.165, 1.54) is 4.68 Å². The molecule has 3 aromatic carbocycles. The van der Waals surface area contributed by atoms with Gasteiger partial charge in [0.25, 0.3) is 11.5 Å². The van der Waals surface area contributed by atoms with Crippen molar-refractivity contribution < 1.29 is 4.79 Å². The molecule has 0 aliphatic heterocycles. The molecule has 0 fully saturated rings. The van der Waals surface area contributed by atoms with E-state index in [4.69, 9.17) is 22.3 Å². The Labute approximate surface area is 228 Å². The molecular weight excluding hydrogens is 498 g/mol. The number of anilines is 1. The summed E-state index contributed by atoms with van der Waals surface area (Å²) < 4.78 is 1.48. The molecule has 0 aliphatic rings. The minimum absolute atomic E-state index is 0.119. The molecule has 0 spiro atoms. The van der Waals surface area contributed by atoms with E-state index in [9.17, 15) is 9.59 Å². The van der Waals surface area contributed by atoms with Crippen molar-refractivity contribution in [3.8, 4) is 0 Å². The number of halogens is 1. The molecule has 1 amide bonds. The number of nitrogens with one attached hydrogen (secondary N) is 1. The van der Waals surface area contributed by atoms with Crippen LogP contribution in [0, 0.1) is 6.92 Å². The monoisotopic (exact) mass is 531 g/mol. The lowest BCUT2D eigenvalue weighted by Crippen LogP contribution is -2.41. The van der Waals surface area contributed by atoms with Crippen LogP contribution < -0.4 is 16.7 Å². The number of para-hydroxylation sites is 1. The van der Waals surface area contributed by atoms with E-state index in [1.807, 2.05) is 66.4 Å². The van der Waals surface area contributed by atoms with Crippen molar-refractivity contribution in [1.82, 2.24) is 14.6 Å². The molecule has 0 aliphatic carbocycles. The average molecular weight is 532 g/mol. The Morgan fingerprint density at radius 1 is 1.08 bits per heavy atom. The van der Waals surface area contributed by atoms with E-state index in [0.717, 1.165) is 24.1 Å². The molecular formula is C30H34ClN5O2. The fourth-order valence-electron chi connectivity index (χ4n) is 4.49. The van der Waals surface area contributed by atoms with Gasteiger partial charge in [-0.05, 0) is 68.8 Å². The van der Waals surface area contributed by atoms with E-state index in [2.05, 4.69) is 12.3 Å². The molecule has 1 unspecified atom stereocenters. The summed E-state index contributed by atoms with van der Waals surface area (Å²) in [6.07, 6.45) is 3.03. The van der Waals surface area contributed by atoms with E-state index in [1.54, 1.807) is 18.2 Å². The molecule has 0 radical (unpaired) electrons. The van der Waals surface area contributed by atoms with E-state index in [0.29, 0.717) is 53.2 Å². The van der Waals surface area contributed by atoms with Gasteiger partial charge in [-0.25, -0.2) is 9.66 Å². The van der Waals surface area contributed by atoms with Crippen molar-refractivity contribution in [3.05, 3.63) is 105 Å². The summed E-state index contributed by atoms with van der Waals surface area (Å²) in [6, 6.07) is 21.6. The first-order valence-corrected chi connectivity index (χ1v) is 13.4. The van der Waals surface area contributed by atoms with Crippen LogP contribution in [0.2, 0.25) is 5.02 Å². The van der Waals surface area contributed by atoms with Gasteiger partial charge in [0.05, 0.1) is 22.6 Å². The fraction of sp³-hybridized carbons (Fsp3) is 0.300. The number of benzene rings is 3. The van der Waals surface area contributed by atoms with Crippen LogP contribution >= 0.6 is 11.6 Å². The van der Waals surface area contributed by atoms with Crippen LogP contribution in [-0.4, -0.2) is 33.6 Å². The van der Waals surface area contributed by atoms with Gasteiger partial charge in [-0.3, -0.25) is 15.0 Å². The van der Waals surface area contributed by atoms with E-state index < -0.39 is 6.04 Å². The van der Waals surface area contributed by atoms with Crippen LogP contribution in [0.4, 0.5) is 5.69 Å². The van der Waals surface area contributed by atoms with Crippen LogP contribution in [0.25, 0.3) is 10.9 Å². The summed E-state index contributed by atoms with van der Waals surface area (Å²) in [6.45, 7) is 4.97. The molecule has 1 atom stereocenters. The molecule has 8 heteroatoms. The highest BCUT2D eigenvalue weighted by molar-refractivity contribution is 6.31. The fourth-order valence-corrected chi connectivity index (χ4v) is 4.66. The zero-order valence-corrected chi connectivity index (χ0v) is 22.6. The van der Waals surface area contributed by atoms with Gasteiger partial charge in [-0.1, -0.05) is 67.3 Å². The third kappa shape index (κ3) is 6.23.